The number of thiophene rings is 1. The average molecular weight is 441 g/mol. The van der Waals surface area contributed by atoms with Crippen LogP contribution in [0.2, 0.25) is 0 Å². The Labute approximate surface area is 182 Å². The Hall–Kier alpha value is -2.71. The lowest BCUT2D eigenvalue weighted by Gasteiger charge is -2.10. The molecule has 0 N–H and O–H groups in total. The topological polar surface area (TPSA) is 52.7 Å². The maximum atomic E-state index is 13.3. The average Bonchev–Trinajstić information content (AvgIpc) is 3.46. The van der Waals surface area contributed by atoms with Crippen LogP contribution >= 0.6 is 23.1 Å². The van der Waals surface area contributed by atoms with Gasteiger partial charge in [0.1, 0.15) is 5.82 Å². The lowest BCUT2D eigenvalue weighted by atomic mass is 10.2. The minimum Gasteiger partial charge on any atom is -0.318 e. The number of nitrogens with zero attached hydrogens (tertiary/aromatic N) is 4. The number of carbonyl (C=O) groups is 1. The van der Waals surface area contributed by atoms with Crippen LogP contribution < -0.4 is 0 Å². The highest BCUT2D eigenvalue weighted by atomic mass is 32.2. The second-order valence-electron chi connectivity index (χ2n) is 6.84. The van der Waals surface area contributed by atoms with Crippen molar-refractivity contribution in [3.05, 3.63) is 70.6 Å². The fourth-order valence-electron chi connectivity index (χ4n) is 3.51. The van der Waals surface area contributed by atoms with Gasteiger partial charge in [0.2, 0.25) is 0 Å². The number of halogens is 1. The zero-order valence-corrected chi connectivity index (χ0v) is 18.6. The molecule has 0 amide bonds. The summed E-state index contributed by atoms with van der Waals surface area (Å²) >= 11 is 3.02. The molecule has 30 heavy (non-hydrogen) atoms. The first kappa shape index (κ1) is 20.6. The Kier molecular flexibility index (Phi) is 5.87. The predicted octanol–water partition coefficient (Wildman–Crippen LogP) is 5.55. The van der Waals surface area contributed by atoms with Gasteiger partial charge >= 0.3 is 0 Å². The molecule has 5 nitrogen and oxygen atoms in total. The molecular weight excluding hydrogens is 419 g/mol. The van der Waals surface area contributed by atoms with Crippen molar-refractivity contribution in [1.82, 2.24) is 19.3 Å². The number of hydrogen-bond donors (Lipinski definition) is 0. The fourth-order valence-corrected chi connectivity index (χ4v) is 5.11. The van der Waals surface area contributed by atoms with Crippen molar-refractivity contribution in [3.8, 4) is 16.4 Å². The van der Waals surface area contributed by atoms with Crippen molar-refractivity contribution < 1.29 is 9.18 Å². The number of hydrogen-bond acceptors (Lipinski definition) is 5. The maximum Gasteiger partial charge on any atom is 0.191 e. The molecule has 1 aromatic carbocycles. The van der Waals surface area contributed by atoms with E-state index in [2.05, 4.69) is 10.2 Å². The Morgan fingerprint density at radius 2 is 1.93 bits per heavy atom. The van der Waals surface area contributed by atoms with Crippen molar-refractivity contribution in [3.63, 3.8) is 0 Å². The van der Waals surface area contributed by atoms with Crippen molar-refractivity contribution in [2.24, 2.45) is 0 Å². The third-order valence-corrected chi connectivity index (χ3v) is 6.76. The van der Waals surface area contributed by atoms with E-state index >= 15 is 0 Å². The highest BCUT2D eigenvalue weighted by molar-refractivity contribution is 7.99. The molecule has 0 atom stereocenters. The van der Waals surface area contributed by atoms with Crippen LogP contribution in [0, 0.1) is 19.7 Å². The number of carbonyl (C=O) groups excluding carboxylic acids is 1. The summed E-state index contributed by atoms with van der Waals surface area (Å²) < 4.78 is 17.3. The van der Waals surface area contributed by atoms with Crippen LogP contribution in [0.4, 0.5) is 4.39 Å². The van der Waals surface area contributed by atoms with Crippen LogP contribution in [-0.4, -0.2) is 30.9 Å². The number of aromatic nitrogens is 4. The molecule has 3 heterocycles. The monoisotopic (exact) mass is 440 g/mol. The summed E-state index contributed by atoms with van der Waals surface area (Å²) in [4.78, 5) is 14.0. The van der Waals surface area contributed by atoms with E-state index in [0.717, 1.165) is 39.5 Å². The van der Waals surface area contributed by atoms with Gasteiger partial charge in [-0.25, -0.2) is 4.39 Å². The largest absolute Gasteiger partial charge is 0.318 e. The number of Topliss-reactive ketones (excluding diaryl/α,β-unsaturated/α-hetero) is 1. The molecule has 0 bridgehead atoms. The number of aryl methyl sites for hydroxylation is 1. The van der Waals surface area contributed by atoms with Crippen LogP contribution in [0.15, 0.2) is 53.0 Å². The Bertz CT molecular complexity index is 1180. The molecule has 0 radical (unpaired) electrons. The highest BCUT2D eigenvalue weighted by Crippen LogP contribution is 2.28. The van der Waals surface area contributed by atoms with E-state index in [1.54, 1.807) is 23.5 Å². The molecule has 0 saturated carbocycles. The maximum absolute atomic E-state index is 13.3. The van der Waals surface area contributed by atoms with E-state index in [4.69, 9.17) is 0 Å². The lowest BCUT2D eigenvalue weighted by molar-refractivity contribution is 0.102. The van der Waals surface area contributed by atoms with Gasteiger partial charge in [-0.2, -0.15) is 0 Å². The normalized spacial score (nSPS) is 11.2. The van der Waals surface area contributed by atoms with Crippen molar-refractivity contribution in [2.45, 2.75) is 32.5 Å². The second-order valence-corrected chi connectivity index (χ2v) is 8.73. The molecule has 0 unspecified atom stereocenters. The quantitative estimate of drug-likeness (QED) is 0.279. The van der Waals surface area contributed by atoms with Crippen LogP contribution in [-0.2, 0) is 6.54 Å². The first-order chi connectivity index (χ1) is 14.5. The smallest absolute Gasteiger partial charge is 0.191 e. The van der Waals surface area contributed by atoms with Gasteiger partial charge in [0.15, 0.2) is 16.8 Å². The number of thioether (sulfide) groups is 1. The molecular formula is C22H21FN4OS2. The molecule has 0 spiro atoms. The zero-order chi connectivity index (χ0) is 21.3. The molecule has 0 saturated heterocycles. The van der Waals surface area contributed by atoms with E-state index in [1.807, 2.05) is 53.5 Å². The fraction of sp³-hybridized carbons (Fsp3) is 0.227. The predicted molar refractivity (Wildman–Crippen MR) is 119 cm³/mol. The second kappa shape index (κ2) is 8.57. The van der Waals surface area contributed by atoms with Gasteiger partial charge < -0.3 is 9.13 Å². The van der Waals surface area contributed by atoms with Crippen LogP contribution in [0.5, 0.6) is 0 Å². The molecule has 0 aliphatic carbocycles. The van der Waals surface area contributed by atoms with Crippen LogP contribution in [0.25, 0.3) is 16.4 Å². The van der Waals surface area contributed by atoms with Gasteiger partial charge in [0, 0.05) is 29.2 Å². The Balaban J connectivity index is 1.54. The van der Waals surface area contributed by atoms with Crippen molar-refractivity contribution in [1.29, 1.82) is 0 Å². The third kappa shape index (κ3) is 3.85. The van der Waals surface area contributed by atoms with Gasteiger partial charge in [0.05, 0.1) is 10.6 Å². The van der Waals surface area contributed by atoms with E-state index in [-0.39, 0.29) is 17.4 Å². The van der Waals surface area contributed by atoms with Crippen molar-refractivity contribution in [2.75, 3.05) is 5.75 Å². The van der Waals surface area contributed by atoms with Gasteiger partial charge in [-0.15, -0.1) is 21.5 Å². The summed E-state index contributed by atoms with van der Waals surface area (Å²) in [5.74, 6) is 0.855. The molecule has 0 fully saturated rings. The van der Waals surface area contributed by atoms with Gasteiger partial charge in [-0.1, -0.05) is 17.8 Å². The summed E-state index contributed by atoms with van der Waals surface area (Å²) in [7, 11) is 0. The molecule has 0 aliphatic heterocycles. The molecule has 3 aromatic heterocycles. The Morgan fingerprint density at radius 1 is 1.17 bits per heavy atom. The van der Waals surface area contributed by atoms with E-state index < -0.39 is 0 Å². The molecule has 4 aromatic rings. The summed E-state index contributed by atoms with van der Waals surface area (Å²) in [6.45, 7) is 6.64. The molecule has 0 aliphatic rings. The number of ketones is 1. The summed E-state index contributed by atoms with van der Waals surface area (Å²) in [6.07, 6.45) is 0. The summed E-state index contributed by atoms with van der Waals surface area (Å²) in [6, 6.07) is 12.2. The first-order valence-electron chi connectivity index (χ1n) is 9.57. The highest BCUT2D eigenvalue weighted by Gasteiger charge is 2.19. The molecule has 8 heteroatoms. The van der Waals surface area contributed by atoms with Crippen LogP contribution in [0.1, 0.15) is 28.7 Å². The minimum absolute atomic E-state index is 0.0322. The van der Waals surface area contributed by atoms with Gasteiger partial charge in [-0.3, -0.25) is 4.79 Å². The zero-order valence-electron chi connectivity index (χ0n) is 16.9. The van der Waals surface area contributed by atoms with Gasteiger partial charge in [-0.05, 0) is 62.5 Å². The van der Waals surface area contributed by atoms with Crippen molar-refractivity contribution >= 4 is 28.9 Å². The SMILES string of the molecule is CCn1c(SCC(=O)c2cc(C)n(-c3ccc(F)cc3)c2C)nnc1-c1cccs1. The van der Waals surface area contributed by atoms with E-state index in [9.17, 15) is 9.18 Å². The lowest BCUT2D eigenvalue weighted by Crippen LogP contribution is -2.07. The van der Waals surface area contributed by atoms with E-state index in [0.29, 0.717) is 5.56 Å². The summed E-state index contributed by atoms with van der Waals surface area (Å²) in [5, 5.41) is 11.4. The third-order valence-electron chi connectivity index (χ3n) is 4.92. The first-order valence-corrected chi connectivity index (χ1v) is 11.4. The minimum atomic E-state index is -0.282. The molecule has 154 valence electrons. The van der Waals surface area contributed by atoms with Crippen LogP contribution in [0.3, 0.4) is 0 Å². The number of benzene rings is 1. The summed E-state index contributed by atoms with van der Waals surface area (Å²) in [5.41, 5.74) is 3.29. The standard InChI is InChI=1S/C22H21FN4OS2/c1-4-26-21(20-6-5-11-29-20)24-25-22(26)30-13-19(28)18-12-14(2)27(15(18)3)17-9-7-16(23)8-10-17/h5-12H,4,13H2,1-3H3. The van der Waals surface area contributed by atoms with Gasteiger partial charge in [0.25, 0.3) is 0 Å². The Morgan fingerprint density at radius 3 is 2.60 bits per heavy atom. The van der Waals surface area contributed by atoms with E-state index in [1.165, 1.54) is 23.9 Å². The number of rotatable bonds is 7. The molecule has 4 rings (SSSR count).